The first-order valence-electron chi connectivity index (χ1n) is 10.6. The van der Waals surface area contributed by atoms with Gasteiger partial charge in [0.1, 0.15) is 11.6 Å². The number of amides is 1. The first kappa shape index (κ1) is 21.6. The molecule has 1 aromatic heterocycles. The van der Waals surface area contributed by atoms with Crippen LogP contribution in [-0.4, -0.2) is 40.8 Å². The summed E-state index contributed by atoms with van der Waals surface area (Å²) in [5.41, 5.74) is 13.6. The second-order valence-corrected chi connectivity index (χ2v) is 8.17. The van der Waals surface area contributed by atoms with Crippen LogP contribution in [0.25, 0.3) is 22.0 Å². The lowest BCUT2D eigenvalue weighted by molar-refractivity contribution is -0.142. The molecule has 5 N–H and O–H groups in total. The SMILES string of the molecule is Cc1cccc(C)c1-c1ccnc2cc(O[C@H](C)C(=O)N3CC(/C(N)=N/NN)C3)ccc12.[HH]. The number of hydrogen-bond acceptors (Lipinski definition) is 6. The molecule has 3 aromatic rings. The molecule has 1 aliphatic heterocycles. The second-order valence-electron chi connectivity index (χ2n) is 8.17. The number of likely N-dealkylation sites (tertiary alicyclic amines) is 1. The minimum absolute atomic E-state index is 0. The minimum Gasteiger partial charge on any atom is -0.481 e. The van der Waals surface area contributed by atoms with Gasteiger partial charge in [0.05, 0.1) is 11.4 Å². The number of hydrazone groups is 1. The number of hydrazine groups is 1. The summed E-state index contributed by atoms with van der Waals surface area (Å²) < 4.78 is 5.95. The molecule has 1 atom stereocenters. The highest BCUT2D eigenvalue weighted by Gasteiger charge is 2.36. The third-order valence-corrected chi connectivity index (χ3v) is 5.93. The van der Waals surface area contributed by atoms with Crippen LogP contribution < -0.4 is 21.8 Å². The summed E-state index contributed by atoms with van der Waals surface area (Å²) >= 11 is 0. The highest BCUT2D eigenvalue weighted by atomic mass is 16.5. The van der Waals surface area contributed by atoms with Crippen LogP contribution in [0.3, 0.4) is 0 Å². The van der Waals surface area contributed by atoms with Crippen LogP contribution in [0.15, 0.2) is 53.8 Å². The van der Waals surface area contributed by atoms with Crippen LogP contribution in [0.1, 0.15) is 19.5 Å². The summed E-state index contributed by atoms with van der Waals surface area (Å²) in [5, 5.41) is 4.81. The van der Waals surface area contributed by atoms with Gasteiger partial charge in [-0.05, 0) is 61.2 Å². The lowest BCUT2D eigenvalue weighted by Gasteiger charge is -2.39. The number of aromatic nitrogens is 1. The molecule has 1 aliphatic rings. The average Bonchev–Trinajstić information content (AvgIpc) is 2.72. The number of hydrogen-bond donors (Lipinski definition) is 3. The summed E-state index contributed by atoms with van der Waals surface area (Å²) in [4.78, 5) is 18.9. The number of rotatable bonds is 6. The van der Waals surface area contributed by atoms with Crippen LogP contribution in [0, 0.1) is 19.8 Å². The molecule has 0 unspecified atom stereocenters. The molecule has 8 heteroatoms. The van der Waals surface area contributed by atoms with E-state index in [4.69, 9.17) is 16.3 Å². The highest BCUT2D eigenvalue weighted by Crippen LogP contribution is 2.34. The molecule has 0 aliphatic carbocycles. The third-order valence-electron chi connectivity index (χ3n) is 5.93. The lowest BCUT2D eigenvalue weighted by Crippen LogP contribution is -2.57. The van der Waals surface area contributed by atoms with E-state index in [1.54, 1.807) is 11.8 Å². The molecule has 0 saturated carbocycles. The molecule has 1 saturated heterocycles. The van der Waals surface area contributed by atoms with Crippen molar-refractivity contribution in [1.82, 2.24) is 15.4 Å². The first-order valence-corrected chi connectivity index (χ1v) is 10.6. The Balaban J connectivity index is 0.00000306. The molecule has 32 heavy (non-hydrogen) atoms. The number of carbonyl (C=O) groups excluding carboxylic acids is 1. The van der Waals surface area contributed by atoms with E-state index in [1.807, 2.05) is 30.5 Å². The number of benzene rings is 2. The van der Waals surface area contributed by atoms with Gasteiger partial charge in [-0.3, -0.25) is 9.78 Å². The molecule has 1 fully saturated rings. The van der Waals surface area contributed by atoms with E-state index in [9.17, 15) is 4.79 Å². The smallest absolute Gasteiger partial charge is 0.263 e. The van der Waals surface area contributed by atoms with Crippen molar-refractivity contribution in [2.24, 2.45) is 22.6 Å². The van der Waals surface area contributed by atoms with Crippen molar-refractivity contribution in [2.45, 2.75) is 26.9 Å². The van der Waals surface area contributed by atoms with Crippen molar-refractivity contribution < 1.29 is 11.0 Å². The maximum atomic E-state index is 12.7. The largest absolute Gasteiger partial charge is 0.481 e. The fourth-order valence-electron chi connectivity index (χ4n) is 4.18. The Hall–Kier alpha value is -3.65. The zero-order chi connectivity index (χ0) is 22.8. The van der Waals surface area contributed by atoms with Crippen molar-refractivity contribution in [3.8, 4) is 16.9 Å². The maximum Gasteiger partial charge on any atom is 0.263 e. The Labute approximate surface area is 188 Å². The highest BCUT2D eigenvalue weighted by molar-refractivity contribution is 5.96. The summed E-state index contributed by atoms with van der Waals surface area (Å²) in [6.45, 7) is 6.99. The lowest BCUT2D eigenvalue weighted by atomic mass is 9.93. The summed E-state index contributed by atoms with van der Waals surface area (Å²) in [7, 11) is 0. The average molecular weight is 435 g/mol. The maximum absolute atomic E-state index is 12.7. The fraction of sp³-hybridized carbons (Fsp3) is 0.292. The Kier molecular flexibility index (Phi) is 5.96. The second kappa shape index (κ2) is 8.84. The van der Waals surface area contributed by atoms with Crippen molar-refractivity contribution in [3.05, 3.63) is 59.8 Å². The van der Waals surface area contributed by atoms with E-state index >= 15 is 0 Å². The molecule has 2 aromatic carbocycles. The van der Waals surface area contributed by atoms with Crippen molar-refractivity contribution >= 4 is 22.6 Å². The first-order chi connectivity index (χ1) is 15.4. The van der Waals surface area contributed by atoms with Crippen LogP contribution in [0.2, 0.25) is 0 Å². The predicted octanol–water partition coefficient (Wildman–Crippen LogP) is 2.73. The number of nitrogens with zero attached hydrogens (tertiary/aromatic N) is 3. The zero-order valence-corrected chi connectivity index (χ0v) is 18.5. The number of pyridine rings is 1. The summed E-state index contributed by atoms with van der Waals surface area (Å²) in [6.07, 6.45) is 1.19. The van der Waals surface area contributed by atoms with Crippen LogP contribution >= 0.6 is 0 Å². The molecular formula is C24H30N6O2. The Bertz CT molecular complexity index is 1170. The quantitative estimate of drug-likeness (QED) is 0.238. The zero-order valence-electron chi connectivity index (χ0n) is 18.5. The van der Waals surface area contributed by atoms with E-state index in [0.717, 1.165) is 16.5 Å². The number of nitrogens with two attached hydrogens (primary N) is 2. The third kappa shape index (κ3) is 4.09. The fourth-order valence-corrected chi connectivity index (χ4v) is 4.18. The standard InChI is InChI=1S/C24H28N6O2.H2/c1-14-5-4-6-15(2)22(14)20-9-10-27-21-11-18(7-8-19(20)21)32-16(3)24(31)30-12-17(13-30)23(25)28-29-26;/h4-11,16-17,29H,12-13,26H2,1-3H3,(H2,25,28);1H/t16-;/m1./s1. The number of fused-ring (bicyclic) bond motifs is 1. The van der Waals surface area contributed by atoms with Crippen molar-refractivity contribution in [3.63, 3.8) is 0 Å². The minimum atomic E-state index is -0.624. The van der Waals surface area contributed by atoms with Gasteiger partial charge in [-0.15, -0.1) is 0 Å². The van der Waals surface area contributed by atoms with E-state index in [2.05, 4.69) is 47.7 Å². The molecule has 0 bridgehead atoms. The Morgan fingerprint density at radius 1 is 1.25 bits per heavy atom. The van der Waals surface area contributed by atoms with Gasteiger partial charge in [0.15, 0.2) is 6.10 Å². The van der Waals surface area contributed by atoms with Gasteiger partial charge in [-0.2, -0.15) is 5.10 Å². The topological polar surface area (TPSA) is 119 Å². The van der Waals surface area contributed by atoms with Gasteiger partial charge in [-0.1, -0.05) is 18.2 Å². The molecule has 168 valence electrons. The van der Waals surface area contributed by atoms with Gasteiger partial charge in [-0.25, -0.2) is 11.4 Å². The summed E-state index contributed by atoms with van der Waals surface area (Å²) in [6, 6.07) is 14.1. The van der Waals surface area contributed by atoms with Crippen LogP contribution in [0.4, 0.5) is 0 Å². The number of aryl methyl sites for hydroxylation is 2. The van der Waals surface area contributed by atoms with Crippen LogP contribution in [-0.2, 0) is 4.79 Å². The summed E-state index contributed by atoms with van der Waals surface area (Å²) in [5.74, 6) is 6.07. The van der Waals surface area contributed by atoms with Gasteiger partial charge in [0, 0.05) is 32.2 Å². The monoisotopic (exact) mass is 434 g/mol. The normalized spacial score (nSPS) is 15.4. The van der Waals surface area contributed by atoms with Crippen molar-refractivity contribution in [1.29, 1.82) is 0 Å². The van der Waals surface area contributed by atoms with Gasteiger partial charge in [0.25, 0.3) is 5.91 Å². The number of amidine groups is 1. The molecule has 2 heterocycles. The molecule has 8 nitrogen and oxygen atoms in total. The van der Waals surface area contributed by atoms with Crippen LogP contribution in [0.5, 0.6) is 5.75 Å². The molecule has 4 rings (SSSR count). The van der Waals surface area contributed by atoms with Gasteiger partial charge < -0.3 is 15.4 Å². The Morgan fingerprint density at radius 3 is 2.66 bits per heavy atom. The van der Waals surface area contributed by atoms with E-state index in [1.165, 1.54) is 16.7 Å². The molecule has 0 radical (unpaired) electrons. The van der Waals surface area contributed by atoms with E-state index in [0.29, 0.717) is 24.7 Å². The number of carbonyl (C=O) groups is 1. The van der Waals surface area contributed by atoms with Crippen molar-refractivity contribution in [2.75, 3.05) is 13.1 Å². The van der Waals surface area contributed by atoms with Gasteiger partial charge in [0.2, 0.25) is 0 Å². The van der Waals surface area contributed by atoms with E-state index < -0.39 is 6.10 Å². The molecular weight excluding hydrogens is 404 g/mol. The number of ether oxygens (including phenoxy) is 1. The Morgan fingerprint density at radius 2 is 1.97 bits per heavy atom. The van der Waals surface area contributed by atoms with Gasteiger partial charge >= 0.3 is 0 Å². The predicted molar refractivity (Wildman–Crippen MR) is 128 cm³/mol. The van der Waals surface area contributed by atoms with E-state index in [-0.39, 0.29) is 13.3 Å². The molecule has 0 spiro atoms. The number of nitrogens with one attached hydrogen (secondary N) is 1. The molecule has 1 amide bonds.